The Labute approximate surface area is 186 Å². The predicted octanol–water partition coefficient (Wildman–Crippen LogP) is 4.27. The molecule has 2 aliphatic rings. The molecule has 1 aromatic carbocycles. The van der Waals surface area contributed by atoms with Crippen LogP contribution in [0.4, 0.5) is 5.69 Å². The van der Waals surface area contributed by atoms with E-state index in [9.17, 15) is 9.59 Å². The Morgan fingerprint density at radius 3 is 2.52 bits per heavy atom. The van der Waals surface area contributed by atoms with E-state index in [1.165, 1.54) is 18.2 Å². The van der Waals surface area contributed by atoms with Gasteiger partial charge in [0.2, 0.25) is 5.91 Å². The van der Waals surface area contributed by atoms with Crippen molar-refractivity contribution in [1.82, 2.24) is 4.98 Å². The van der Waals surface area contributed by atoms with Crippen LogP contribution >= 0.6 is 11.8 Å². The summed E-state index contributed by atoms with van der Waals surface area (Å²) in [7, 11) is 0. The maximum absolute atomic E-state index is 12.6. The zero-order chi connectivity index (χ0) is 22.2. The lowest BCUT2D eigenvalue weighted by Crippen LogP contribution is -2.40. The minimum atomic E-state index is -0.545. The fourth-order valence-corrected chi connectivity index (χ4v) is 5.04. The van der Waals surface area contributed by atoms with E-state index in [2.05, 4.69) is 10.3 Å². The average molecular weight is 442 g/mol. The number of hydrogen-bond acceptors (Lipinski definition) is 6. The predicted molar refractivity (Wildman–Crippen MR) is 120 cm³/mol. The van der Waals surface area contributed by atoms with Gasteiger partial charge in [0.25, 0.3) is 11.7 Å². The number of primary amides is 1. The summed E-state index contributed by atoms with van der Waals surface area (Å²) in [6.45, 7) is 5.63. The molecule has 3 N–H and O–H groups in total. The maximum atomic E-state index is 12.6. The van der Waals surface area contributed by atoms with Crippen LogP contribution in [0.2, 0.25) is 0 Å². The van der Waals surface area contributed by atoms with Crippen LogP contribution in [0.15, 0.2) is 23.2 Å². The van der Waals surface area contributed by atoms with E-state index in [-0.39, 0.29) is 11.7 Å². The lowest BCUT2D eigenvalue weighted by molar-refractivity contribution is -0.113. The fourth-order valence-electron chi connectivity index (χ4n) is 4.10. The maximum Gasteiger partial charge on any atom is 0.251 e. The second-order valence-corrected chi connectivity index (χ2v) is 9.13. The van der Waals surface area contributed by atoms with Crippen LogP contribution in [-0.2, 0) is 4.79 Å². The van der Waals surface area contributed by atoms with E-state index in [1.807, 2.05) is 26.8 Å². The first-order chi connectivity index (χ1) is 14.8. The number of nitrogens with zero attached hydrogens (tertiary/aromatic N) is 1. The number of rotatable bonds is 5. The van der Waals surface area contributed by atoms with Crippen molar-refractivity contribution in [2.24, 2.45) is 5.73 Å². The second kappa shape index (κ2) is 8.42. The van der Waals surface area contributed by atoms with Crippen molar-refractivity contribution in [2.45, 2.75) is 63.7 Å². The van der Waals surface area contributed by atoms with Crippen molar-refractivity contribution in [3.63, 3.8) is 0 Å². The minimum Gasteiger partial charge on any atom is -0.448 e. The van der Waals surface area contributed by atoms with E-state index in [0.29, 0.717) is 22.0 Å². The number of carbonyl (C=O) groups is 2. The van der Waals surface area contributed by atoms with Gasteiger partial charge in [0.15, 0.2) is 11.5 Å². The molecule has 1 saturated carbocycles. The Balaban J connectivity index is 1.42. The molecule has 4 rings (SSSR count). The van der Waals surface area contributed by atoms with Gasteiger partial charge in [0, 0.05) is 30.3 Å². The summed E-state index contributed by atoms with van der Waals surface area (Å²) >= 11 is 1.20. The molecule has 0 radical (unpaired) electrons. The minimum absolute atomic E-state index is 0.105. The number of aryl methyl sites for hydroxylation is 1. The summed E-state index contributed by atoms with van der Waals surface area (Å²) in [4.78, 5) is 28.9. The molecule has 2 aromatic rings. The molecule has 7 nitrogen and oxygen atoms in total. The van der Waals surface area contributed by atoms with Crippen LogP contribution in [0.25, 0.3) is 0 Å². The normalized spacial score (nSPS) is 16.4. The van der Waals surface area contributed by atoms with E-state index < -0.39 is 11.7 Å². The SMILES string of the molecule is Cc1nc(SCC(=O)Nc2ccc3c(c2)OC2(CCCCC2)O3)c(C(N)=O)c(C)c1C. The number of pyridine rings is 1. The highest BCUT2D eigenvalue weighted by molar-refractivity contribution is 8.00. The number of amides is 2. The lowest BCUT2D eigenvalue weighted by atomic mass is 9.94. The fraction of sp³-hybridized carbons (Fsp3) is 0.435. The molecule has 0 bridgehead atoms. The summed E-state index contributed by atoms with van der Waals surface area (Å²) in [5.74, 6) is 0.197. The summed E-state index contributed by atoms with van der Waals surface area (Å²) < 4.78 is 12.2. The van der Waals surface area contributed by atoms with E-state index in [1.54, 1.807) is 12.1 Å². The standard InChI is InChI=1S/C23H27N3O4S/c1-13-14(2)20(21(24)28)22(25-15(13)3)31-12-19(27)26-16-7-8-17-18(11-16)30-23(29-17)9-5-4-6-10-23/h7-8,11H,4-6,9-10,12H2,1-3H3,(H2,24,28)(H,26,27). The number of carbonyl (C=O) groups excluding carboxylic acids is 2. The summed E-state index contributed by atoms with van der Waals surface area (Å²) in [6.07, 6.45) is 5.15. The molecule has 2 heterocycles. The third-order valence-corrected chi connectivity index (χ3v) is 6.96. The third-order valence-electron chi connectivity index (χ3n) is 5.98. The Bertz CT molecular complexity index is 1050. The van der Waals surface area contributed by atoms with Crippen molar-refractivity contribution in [3.8, 4) is 11.5 Å². The summed E-state index contributed by atoms with van der Waals surface area (Å²) in [5, 5.41) is 3.36. The topological polar surface area (TPSA) is 104 Å². The molecule has 1 aliphatic heterocycles. The van der Waals surface area contributed by atoms with Gasteiger partial charge in [-0.15, -0.1) is 0 Å². The Morgan fingerprint density at radius 1 is 1.10 bits per heavy atom. The van der Waals surface area contributed by atoms with E-state index in [0.717, 1.165) is 48.3 Å². The van der Waals surface area contributed by atoms with Crippen LogP contribution in [0.5, 0.6) is 11.5 Å². The van der Waals surface area contributed by atoms with Gasteiger partial charge < -0.3 is 20.5 Å². The first kappa shape index (κ1) is 21.5. The van der Waals surface area contributed by atoms with Gasteiger partial charge in [-0.3, -0.25) is 9.59 Å². The molecule has 1 fully saturated rings. The van der Waals surface area contributed by atoms with Gasteiger partial charge in [-0.05, 0) is 56.9 Å². The monoisotopic (exact) mass is 441 g/mol. The van der Waals surface area contributed by atoms with Crippen LogP contribution < -0.4 is 20.5 Å². The zero-order valence-corrected chi connectivity index (χ0v) is 18.9. The first-order valence-electron chi connectivity index (χ1n) is 10.5. The molecule has 1 aliphatic carbocycles. The highest BCUT2D eigenvalue weighted by Crippen LogP contribution is 2.46. The molecule has 8 heteroatoms. The van der Waals surface area contributed by atoms with Crippen LogP contribution in [0, 0.1) is 20.8 Å². The number of benzene rings is 1. The molecular formula is C23H27N3O4S. The van der Waals surface area contributed by atoms with E-state index in [4.69, 9.17) is 15.2 Å². The number of hydrogen-bond donors (Lipinski definition) is 2. The van der Waals surface area contributed by atoms with Gasteiger partial charge in [0.05, 0.1) is 11.3 Å². The summed E-state index contributed by atoms with van der Waals surface area (Å²) in [5.41, 5.74) is 9.12. The smallest absolute Gasteiger partial charge is 0.251 e. The van der Waals surface area contributed by atoms with Crippen molar-refractivity contribution in [3.05, 3.63) is 40.6 Å². The van der Waals surface area contributed by atoms with Crippen molar-refractivity contribution in [1.29, 1.82) is 0 Å². The van der Waals surface area contributed by atoms with Crippen LogP contribution in [0.3, 0.4) is 0 Å². The Hall–Kier alpha value is -2.74. The van der Waals surface area contributed by atoms with Crippen molar-refractivity contribution >= 4 is 29.3 Å². The van der Waals surface area contributed by atoms with Crippen molar-refractivity contribution < 1.29 is 19.1 Å². The van der Waals surface area contributed by atoms with Gasteiger partial charge >= 0.3 is 0 Å². The number of nitrogens with two attached hydrogens (primary N) is 1. The molecule has 164 valence electrons. The molecule has 0 atom stereocenters. The molecule has 1 spiro atoms. The molecule has 0 unspecified atom stereocenters. The lowest BCUT2D eigenvalue weighted by Gasteiger charge is -2.31. The highest BCUT2D eigenvalue weighted by atomic mass is 32.2. The molecule has 0 saturated heterocycles. The van der Waals surface area contributed by atoms with Crippen LogP contribution in [-0.4, -0.2) is 28.3 Å². The number of fused-ring (bicyclic) bond motifs is 1. The number of nitrogens with one attached hydrogen (secondary N) is 1. The largest absolute Gasteiger partial charge is 0.448 e. The number of ether oxygens (including phenoxy) is 2. The number of aromatic nitrogens is 1. The quantitative estimate of drug-likeness (QED) is 0.672. The van der Waals surface area contributed by atoms with Gasteiger partial charge in [0.1, 0.15) is 5.03 Å². The van der Waals surface area contributed by atoms with E-state index >= 15 is 0 Å². The number of thioether (sulfide) groups is 1. The van der Waals surface area contributed by atoms with Crippen molar-refractivity contribution in [2.75, 3.05) is 11.1 Å². The highest BCUT2D eigenvalue weighted by Gasteiger charge is 2.42. The van der Waals surface area contributed by atoms with Gasteiger partial charge in [-0.2, -0.15) is 0 Å². The zero-order valence-electron chi connectivity index (χ0n) is 18.0. The number of anilines is 1. The van der Waals surface area contributed by atoms with Crippen LogP contribution in [0.1, 0.15) is 59.3 Å². The Morgan fingerprint density at radius 2 is 1.81 bits per heavy atom. The van der Waals surface area contributed by atoms with Gasteiger partial charge in [-0.1, -0.05) is 18.2 Å². The second-order valence-electron chi connectivity index (χ2n) is 8.17. The Kier molecular flexibility index (Phi) is 5.83. The van der Waals surface area contributed by atoms with Gasteiger partial charge in [-0.25, -0.2) is 4.98 Å². The first-order valence-corrected chi connectivity index (χ1v) is 11.5. The third kappa shape index (κ3) is 4.35. The molecule has 31 heavy (non-hydrogen) atoms. The molecular weight excluding hydrogens is 414 g/mol. The average Bonchev–Trinajstić information content (AvgIpc) is 3.07. The molecule has 1 aromatic heterocycles. The summed E-state index contributed by atoms with van der Waals surface area (Å²) in [6, 6.07) is 5.44. The molecule has 2 amide bonds.